The summed E-state index contributed by atoms with van der Waals surface area (Å²) in [5.74, 6) is 3.69. The topological polar surface area (TPSA) is 25.2 Å². The molecule has 0 aromatic carbocycles. The molecule has 2 unspecified atom stereocenters. The van der Waals surface area contributed by atoms with Gasteiger partial charge >= 0.3 is 0 Å². The molecule has 0 bridgehead atoms. The molecule has 0 radical (unpaired) electrons. The summed E-state index contributed by atoms with van der Waals surface area (Å²) < 4.78 is 7.04. The summed E-state index contributed by atoms with van der Waals surface area (Å²) in [6.07, 6.45) is 1.28. The van der Waals surface area contributed by atoms with Crippen LogP contribution in [0.15, 0.2) is 32.5 Å². The van der Waals surface area contributed by atoms with Crippen LogP contribution in [-0.2, 0) is 13.1 Å². The fraction of sp³-hybridized carbons (Fsp3) is 0.429. The molecule has 2 heterocycles. The highest BCUT2D eigenvalue weighted by Gasteiger charge is 2.36. The molecular formula is C14H16BrNOS. The fourth-order valence-corrected chi connectivity index (χ4v) is 3.62. The Morgan fingerprint density at radius 3 is 2.83 bits per heavy atom. The summed E-state index contributed by atoms with van der Waals surface area (Å²) in [7, 11) is 0. The van der Waals surface area contributed by atoms with Gasteiger partial charge in [-0.3, -0.25) is 0 Å². The maximum absolute atomic E-state index is 5.85. The average Bonchev–Trinajstić information content (AvgIpc) is 2.79. The smallest absolute Gasteiger partial charge is 0.117 e. The normalized spacial score (nSPS) is 22.3. The molecule has 3 rings (SSSR count). The third kappa shape index (κ3) is 2.87. The van der Waals surface area contributed by atoms with Crippen molar-refractivity contribution in [1.29, 1.82) is 0 Å². The number of hydrogen-bond acceptors (Lipinski definition) is 3. The van der Waals surface area contributed by atoms with E-state index in [1.807, 2.05) is 0 Å². The minimum atomic E-state index is 0.673. The monoisotopic (exact) mass is 325 g/mol. The van der Waals surface area contributed by atoms with Gasteiger partial charge in [-0.15, -0.1) is 11.3 Å². The van der Waals surface area contributed by atoms with Gasteiger partial charge in [0.25, 0.3) is 0 Å². The van der Waals surface area contributed by atoms with Crippen LogP contribution >= 0.6 is 27.3 Å². The molecule has 4 heteroatoms. The minimum absolute atomic E-state index is 0.673. The molecule has 2 aromatic heterocycles. The second kappa shape index (κ2) is 5.19. The van der Waals surface area contributed by atoms with Crippen LogP contribution in [0.1, 0.15) is 35.7 Å². The first-order valence-electron chi connectivity index (χ1n) is 6.26. The molecule has 1 N–H and O–H groups in total. The Hall–Kier alpha value is -0.580. The second-order valence-corrected chi connectivity index (χ2v) is 7.48. The summed E-state index contributed by atoms with van der Waals surface area (Å²) in [5.41, 5.74) is 0. The Kier molecular flexibility index (Phi) is 3.59. The van der Waals surface area contributed by atoms with Gasteiger partial charge in [0.2, 0.25) is 0 Å². The maximum Gasteiger partial charge on any atom is 0.117 e. The van der Waals surface area contributed by atoms with Crippen molar-refractivity contribution in [2.24, 2.45) is 5.92 Å². The van der Waals surface area contributed by atoms with E-state index in [1.165, 1.54) is 15.1 Å². The van der Waals surface area contributed by atoms with Crippen LogP contribution in [0.2, 0.25) is 0 Å². The molecule has 1 fully saturated rings. The molecule has 1 aliphatic carbocycles. The van der Waals surface area contributed by atoms with Gasteiger partial charge in [-0.1, -0.05) is 6.92 Å². The highest BCUT2D eigenvalue weighted by molar-refractivity contribution is 9.11. The third-order valence-corrected chi connectivity index (χ3v) is 5.01. The van der Waals surface area contributed by atoms with Gasteiger partial charge in [0.15, 0.2) is 0 Å². The lowest BCUT2D eigenvalue weighted by Gasteiger charge is -2.00. The van der Waals surface area contributed by atoms with Crippen LogP contribution in [0, 0.1) is 5.92 Å². The molecule has 2 atom stereocenters. The Labute approximate surface area is 120 Å². The average molecular weight is 326 g/mol. The molecule has 0 spiro atoms. The van der Waals surface area contributed by atoms with Crippen LogP contribution in [-0.4, -0.2) is 0 Å². The zero-order valence-corrected chi connectivity index (χ0v) is 12.7. The van der Waals surface area contributed by atoms with Gasteiger partial charge in [-0.05, 0) is 52.5 Å². The van der Waals surface area contributed by atoms with Crippen molar-refractivity contribution in [2.45, 2.75) is 32.4 Å². The predicted molar refractivity (Wildman–Crippen MR) is 77.8 cm³/mol. The number of nitrogens with one attached hydrogen (secondary N) is 1. The van der Waals surface area contributed by atoms with Crippen molar-refractivity contribution < 1.29 is 4.42 Å². The lowest BCUT2D eigenvalue weighted by molar-refractivity contribution is 0.444. The standard InChI is InChI=1S/C14H16BrNOS/c1-9-6-12(9)13-4-2-10(17-13)7-16-8-11-3-5-14(15)18-11/h2-5,9,12,16H,6-8H2,1H3. The Morgan fingerprint density at radius 1 is 1.33 bits per heavy atom. The summed E-state index contributed by atoms with van der Waals surface area (Å²) in [6, 6.07) is 8.45. The number of hydrogen-bond donors (Lipinski definition) is 1. The number of furan rings is 1. The SMILES string of the molecule is CC1CC1c1ccc(CNCc2ccc(Br)s2)o1. The molecule has 1 aliphatic rings. The van der Waals surface area contributed by atoms with E-state index in [0.717, 1.165) is 30.5 Å². The van der Waals surface area contributed by atoms with E-state index in [0.29, 0.717) is 5.92 Å². The van der Waals surface area contributed by atoms with E-state index < -0.39 is 0 Å². The largest absolute Gasteiger partial charge is 0.464 e. The van der Waals surface area contributed by atoms with E-state index in [1.54, 1.807) is 11.3 Å². The van der Waals surface area contributed by atoms with Crippen molar-refractivity contribution >= 4 is 27.3 Å². The highest BCUT2D eigenvalue weighted by Crippen LogP contribution is 2.47. The summed E-state index contributed by atoms with van der Waals surface area (Å²) in [6.45, 7) is 3.97. The van der Waals surface area contributed by atoms with Gasteiger partial charge in [0, 0.05) is 17.3 Å². The third-order valence-electron chi connectivity index (χ3n) is 3.38. The van der Waals surface area contributed by atoms with Gasteiger partial charge in [0.1, 0.15) is 11.5 Å². The van der Waals surface area contributed by atoms with Crippen LogP contribution < -0.4 is 5.32 Å². The highest BCUT2D eigenvalue weighted by atomic mass is 79.9. The minimum Gasteiger partial charge on any atom is -0.464 e. The number of thiophene rings is 1. The molecule has 2 aromatic rings. The molecule has 0 saturated heterocycles. The van der Waals surface area contributed by atoms with Crippen molar-refractivity contribution in [1.82, 2.24) is 5.32 Å². The van der Waals surface area contributed by atoms with E-state index >= 15 is 0 Å². The Balaban J connectivity index is 1.49. The van der Waals surface area contributed by atoms with E-state index in [9.17, 15) is 0 Å². The zero-order chi connectivity index (χ0) is 12.5. The quantitative estimate of drug-likeness (QED) is 0.874. The number of rotatable bonds is 5. The lowest BCUT2D eigenvalue weighted by Crippen LogP contribution is -2.10. The van der Waals surface area contributed by atoms with Gasteiger partial charge < -0.3 is 9.73 Å². The van der Waals surface area contributed by atoms with Crippen molar-refractivity contribution in [3.8, 4) is 0 Å². The molecule has 18 heavy (non-hydrogen) atoms. The molecule has 96 valence electrons. The van der Waals surface area contributed by atoms with Gasteiger partial charge in [0.05, 0.1) is 10.3 Å². The zero-order valence-electron chi connectivity index (χ0n) is 10.3. The van der Waals surface area contributed by atoms with Crippen LogP contribution in [0.25, 0.3) is 0 Å². The van der Waals surface area contributed by atoms with E-state index in [4.69, 9.17) is 4.42 Å². The lowest BCUT2D eigenvalue weighted by atomic mass is 10.3. The Bertz CT molecular complexity index is 533. The maximum atomic E-state index is 5.85. The second-order valence-electron chi connectivity index (χ2n) is 4.93. The summed E-state index contributed by atoms with van der Waals surface area (Å²) in [5, 5.41) is 3.41. The first-order chi connectivity index (χ1) is 8.72. The van der Waals surface area contributed by atoms with Crippen LogP contribution in [0.5, 0.6) is 0 Å². The molecule has 2 nitrogen and oxygen atoms in total. The predicted octanol–water partition coefficient (Wildman–Crippen LogP) is 4.52. The molecule has 0 amide bonds. The Morgan fingerprint density at radius 2 is 2.17 bits per heavy atom. The molecular weight excluding hydrogens is 310 g/mol. The van der Waals surface area contributed by atoms with Gasteiger partial charge in [-0.2, -0.15) is 0 Å². The first kappa shape index (κ1) is 12.5. The van der Waals surface area contributed by atoms with Crippen molar-refractivity contribution in [2.75, 3.05) is 0 Å². The van der Waals surface area contributed by atoms with Crippen molar-refractivity contribution in [3.63, 3.8) is 0 Å². The van der Waals surface area contributed by atoms with E-state index in [2.05, 4.69) is 52.4 Å². The fourth-order valence-electron chi connectivity index (χ4n) is 2.16. The van der Waals surface area contributed by atoms with Gasteiger partial charge in [-0.25, -0.2) is 0 Å². The molecule has 0 aliphatic heterocycles. The van der Waals surface area contributed by atoms with Crippen LogP contribution in [0.4, 0.5) is 0 Å². The van der Waals surface area contributed by atoms with Crippen LogP contribution in [0.3, 0.4) is 0 Å². The summed E-state index contributed by atoms with van der Waals surface area (Å²) in [4.78, 5) is 1.34. The molecule has 1 saturated carbocycles. The summed E-state index contributed by atoms with van der Waals surface area (Å²) >= 11 is 5.24. The number of halogens is 1. The first-order valence-corrected chi connectivity index (χ1v) is 7.87. The van der Waals surface area contributed by atoms with Crippen molar-refractivity contribution in [3.05, 3.63) is 44.4 Å². The van der Waals surface area contributed by atoms with E-state index in [-0.39, 0.29) is 0 Å².